The molecule has 0 fully saturated rings. The molecule has 0 unspecified atom stereocenters. The summed E-state index contributed by atoms with van der Waals surface area (Å²) in [6, 6.07) is 0. The van der Waals surface area contributed by atoms with Gasteiger partial charge in [-0.3, -0.25) is 0 Å². The molecule has 2 N–H and O–H groups in total. The third kappa shape index (κ3) is 9.71. The van der Waals surface area contributed by atoms with Gasteiger partial charge in [0.05, 0.1) is 0 Å². The van der Waals surface area contributed by atoms with Crippen LogP contribution in [-0.4, -0.2) is 10.2 Å². The van der Waals surface area contributed by atoms with Gasteiger partial charge in [0.15, 0.2) is 0 Å². The molecule has 0 heterocycles. The molecule has 0 saturated heterocycles. The van der Waals surface area contributed by atoms with Crippen LogP contribution in [0.25, 0.3) is 6.08 Å². The van der Waals surface area contributed by atoms with E-state index in [4.69, 9.17) is 0 Å². The molecule has 0 saturated carbocycles. The van der Waals surface area contributed by atoms with Crippen LogP contribution in [0.15, 0.2) is 6.08 Å². The molecule has 0 amide bonds. The number of hydrogen-bond donors (Lipinski definition) is 2. The predicted molar refractivity (Wildman–Crippen MR) is 137 cm³/mol. The second kappa shape index (κ2) is 13.9. The molecule has 0 aliphatic rings. The summed E-state index contributed by atoms with van der Waals surface area (Å²) in [6.45, 7) is 17.3. The van der Waals surface area contributed by atoms with Crippen molar-refractivity contribution in [2.24, 2.45) is 23.7 Å². The van der Waals surface area contributed by atoms with Crippen molar-refractivity contribution in [1.29, 1.82) is 0 Å². The maximum atomic E-state index is 10.5. The number of phenolic OH excluding ortho intramolecular Hbond substituents is 2. The van der Waals surface area contributed by atoms with Crippen molar-refractivity contribution in [3.05, 3.63) is 28.3 Å². The number of benzene rings is 1. The summed E-state index contributed by atoms with van der Waals surface area (Å²) in [5, 5.41) is 20.8. The van der Waals surface area contributed by atoms with E-state index in [-0.39, 0.29) is 0 Å². The lowest BCUT2D eigenvalue weighted by molar-refractivity contribution is 0.383. The van der Waals surface area contributed by atoms with Crippen molar-refractivity contribution >= 4 is 6.08 Å². The van der Waals surface area contributed by atoms with Crippen LogP contribution in [0.3, 0.4) is 0 Å². The Kier molecular flexibility index (Phi) is 12.3. The molecule has 0 radical (unpaired) electrons. The average Bonchev–Trinajstić information content (AvgIpc) is 2.70. The third-order valence-electron chi connectivity index (χ3n) is 7.11. The highest BCUT2D eigenvalue weighted by atomic mass is 16.3. The number of allylic oxidation sites excluding steroid dienone is 1. The minimum Gasteiger partial charge on any atom is -0.507 e. The van der Waals surface area contributed by atoms with Crippen LogP contribution in [-0.2, 0) is 0 Å². The van der Waals surface area contributed by atoms with E-state index in [1.165, 1.54) is 57.8 Å². The molecule has 178 valence electrons. The summed E-state index contributed by atoms with van der Waals surface area (Å²) < 4.78 is 0. The van der Waals surface area contributed by atoms with Crippen molar-refractivity contribution < 1.29 is 10.2 Å². The lowest BCUT2D eigenvalue weighted by atomic mass is 9.91. The van der Waals surface area contributed by atoms with Gasteiger partial charge in [-0.05, 0) is 62.0 Å². The quantitative estimate of drug-likeness (QED) is 0.289. The number of hydrogen-bond acceptors (Lipinski definition) is 2. The van der Waals surface area contributed by atoms with E-state index in [1.54, 1.807) is 0 Å². The fourth-order valence-corrected chi connectivity index (χ4v) is 4.47. The molecule has 1 rings (SSSR count). The molecule has 0 aliphatic heterocycles. The van der Waals surface area contributed by atoms with Gasteiger partial charge < -0.3 is 10.2 Å². The third-order valence-corrected chi connectivity index (χ3v) is 7.11. The minimum atomic E-state index is 0.295. The molecule has 0 bridgehead atoms. The second-order valence-electron chi connectivity index (χ2n) is 10.7. The van der Waals surface area contributed by atoms with Gasteiger partial charge in [0.1, 0.15) is 11.5 Å². The van der Waals surface area contributed by atoms with E-state index in [2.05, 4.69) is 40.7 Å². The van der Waals surface area contributed by atoms with E-state index in [1.807, 2.05) is 26.8 Å². The van der Waals surface area contributed by atoms with E-state index < -0.39 is 0 Å². The van der Waals surface area contributed by atoms with E-state index >= 15 is 0 Å². The molecule has 0 spiro atoms. The summed E-state index contributed by atoms with van der Waals surface area (Å²) in [5.74, 6) is 3.58. The number of phenols is 2. The van der Waals surface area contributed by atoms with Crippen LogP contribution in [0.2, 0.25) is 0 Å². The summed E-state index contributed by atoms with van der Waals surface area (Å²) >= 11 is 0. The van der Waals surface area contributed by atoms with Crippen molar-refractivity contribution in [3.8, 4) is 11.5 Å². The summed E-state index contributed by atoms with van der Waals surface area (Å²) in [5.41, 5.74) is 3.04. The molecule has 31 heavy (non-hydrogen) atoms. The van der Waals surface area contributed by atoms with Gasteiger partial charge in [0.2, 0.25) is 0 Å². The largest absolute Gasteiger partial charge is 0.507 e. The summed E-state index contributed by atoms with van der Waals surface area (Å²) in [4.78, 5) is 0. The molecule has 1 aromatic rings. The van der Waals surface area contributed by atoms with Crippen molar-refractivity contribution in [2.75, 3.05) is 0 Å². The smallest absolute Gasteiger partial charge is 0.126 e. The summed E-state index contributed by atoms with van der Waals surface area (Å²) in [6.07, 6.45) is 16.2. The maximum absolute atomic E-state index is 10.5. The Morgan fingerprint density at radius 3 is 1.58 bits per heavy atom. The van der Waals surface area contributed by atoms with Crippen molar-refractivity contribution in [3.63, 3.8) is 0 Å². The molecule has 0 aromatic heterocycles. The van der Waals surface area contributed by atoms with E-state index in [0.29, 0.717) is 17.4 Å². The van der Waals surface area contributed by atoms with Crippen LogP contribution in [0, 0.1) is 44.4 Å². The standard InChI is InChI=1S/C29H50O2/c1-20(2)12-9-13-21(3)14-10-15-22(4)16-11-17-23(5)18-19-27-26(8)28(30)24(6)25(7)29(27)31/h18-23,30-31H,9-17H2,1-8H3/t21-,22+,23+/m0/s1. The molecular formula is C29H50O2. The molecule has 2 nitrogen and oxygen atoms in total. The van der Waals surface area contributed by atoms with Gasteiger partial charge in [-0.1, -0.05) is 98.1 Å². The van der Waals surface area contributed by atoms with Crippen LogP contribution in [0.5, 0.6) is 11.5 Å². The first kappa shape index (κ1) is 27.6. The number of rotatable bonds is 14. The first-order valence-corrected chi connectivity index (χ1v) is 12.7. The zero-order valence-corrected chi connectivity index (χ0v) is 21.7. The Labute approximate surface area is 193 Å². The highest BCUT2D eigenvalue weighted by Gasteiger charge is 2.14. The topological polar surface area (TPSA) is 40.5 Å². The highest BCUT2D eigenvalue weighted by Crippen LogP contribution is 2.37. The zero-order chi connectivity index (χ0) is 23.6. The first-order valence-electron chi connectivity index (χ1n) is 12.7. The fraction of sp³-hybridized carbons (Fsp3) is 0.724. The van der Waals surface area contributed by atoms with Crippen LogP contribution in [0.1, 0.15) is 115 Å². The van der Waals surface area contributed by atoms with Crippen LogP contribution in [0.4, 0.5) is 0 Å². The normalized spacial score (nSPS) is 15.0. The van der Waals surface area contributed by atoms with Gasteiger partial charge in [-0.2, -0.15) is 0 Å². The van der Waals surface area contributed by atoms with Gasteiger partial charge in [0.25, 0.3) is 0 Å². The minimum absolute atomic E-state index is 0.295. The van der Waals surface area contributed by atoms with E-state index in [9.17, 15) is 10.2 Å². The average molecular weight is 431 g/mol. The second-order valence-corrected chi connectivity index (χ2v) is 10.7. The number of aromatic hydroxyl groups is 2. The van der Waals surface area contributed by atoms with Gasteiger partial charge in [-0.25, -0.2) is 0 Å². The molecule has 3 atom stereocenters. The van der Waals surface area contributed by atoms with Crippen molar-refractivity contribution in [2.45, 2.75) is 113 Å². The Morgan fingerprint density at radius 2 is 1.06 bits per heavy atom. The molecule has 0 aliphatic carbocycles. The van der Waals surface area contributed by atoms with Gasteiger partial charge >= 0.3 is 0 Å². The van der Waals surface area contributed by atoms with E-state index in [0.717, 1.165) is 40.0 Å². The monoisotopic (exact) mass is 430 g/mol. The molecular weight excluding hydrogens is 380 g/mol. The van der Waals surface area contributed by atoms with Gasteiger partial charge in [0, 0.05) is 11.1 Å². The lowest BCUT2D eigenvalue weighted by Gasteiger charge is -2.16. The molecule has 2 heteroatoms. The van der Waals surface area contributed by atoms with Crippen molar-refractivity contribution in [1.82, 2.24) is 0 Å². The Hall–Kier alpha value is -1.44. The van der Waals surface area contributed by atoms with Gasteiger partial charge in [-0.15, -0.1) is 0 Å². The van der Waals surface area contributed by atoms with Crippen LogP contribution < -0.4 is 0 Å². The first-order chi connectivity index (χ1) is 14.5. The Morgan fingerprint density at radius 1 is 0.613 bits per heavy atom. The SMILES string of the molecule is Cc1c(C)c(O)c(C=C[C@H](C)CCC[C@H](C)CCC[C@@H](C)CCCC(C)C)c(C)c1O. The Balaban J connectivity index is 2.34. The van der Waals surface area contributed by atoms with Crippen LogP contribution >= 0.6 is 0 Å². The predicted octanol–water partition coefficient (Wildman–Crippen LogP) is 9.11. The fourth-order valence-electron chi connectivity index (χ4n) is 4.47. The Bertz CT molecular complexity index is 657. The molecule has 1 aromatic carbocycles. The summed E-state index contributed by atoms with van der Waals surface area (Å²) in [7, 11) is 0. The zero-order valence-electron chi connectivity index (χ0n) is 21.7. The highest BCUT2D eigenvalue weighted by molar-refractivity contribution is 5.68. The maximum Gasteiger partial charge on any atom is 0.126 e. The lowest BCUT2D eigenvalue weighted by Crippen LogP contribution is -2.01.